The van der Waals surface area contributed by atoms with Crippen molar-refractivity contribution in [2.45, 2.75) is 26.7 Å². The topological polar surface area (TPSA) is 66.5 Å². The molecule has 2 rings (SSSR count). The highest BCUT2D eigenvalue weighted by Gasteiger charge is 2.27. The molecule has 6 heteroatoms. The van der Waals surface area contributed by atoms with Crippen LogP contribution in [0.3, 0.4) is 0 Å². The Labute approximate surface area is 120 Å². The number of hydrogen-bond donors (Lipinski definition) is 1. The van der Waals surface area contributed by atoms with Crippen molar-refractivity contribution in [3.63, 3.8) is 0 Å². The Bertz CT molecular complexity index is 611. The van der Waals surface area contributed by atoms with Crippen LogP contribution < -0.4 is 5.32 Å². The zero-order valence-corrected chi connectivity index (χ0v) is 12.7. The van der Waals surface area contributed by atoms with Gasteiger partial charge in [0.15, 0.2) is 0 Å². The molecule has 0 aliphatic carbocycles. The molecule has 1 aromatic carbocycles. The fourth-order valence-electron chi connectivity index (χ4n) is 2.20. The summed E-state index contributed by atoms with van der Waals surface area (Å²) in [7, 11) is -3.25. The van der Waals surface area contributed by atoms with E-state index in [1.54, 1.807) is 0 Å². The normalized spacial score (nSPS) is 18.7. The lowest BCUT2D eigenvalue weighted by Gasteiger charge is -2.25. The summed E-state index contributed by atoms with van der Waals surface area (Å²) < 4.78 is 24.9. The molecule has 0 radical (unpaired) electrons. The first kappa shape index (κ1) is 15.0. The molecule has 0 spiro atoms. The molecular formula is C14H20N2O3S. The molecule has 1 aliphatic rings. The number of aryl methyl sites for hydroxylation is 2. The maximum Gasteiger partial charge on any atom is 0.239 e. The van der Waals surface area contributed by atoms with Gasteiger partial charge < -0.3 is 5.32 Å². The van der Waals surface area contributed by atoms with E-state index in [9.17, 15) is 13.2 Å². The molecule has 0 atom stereocenters. The van der Waals surface area contributed by atoms with E-state index < -0.39 is 10.0 Å². The van der Waals surface area contributed by atoms with Crippen LogP contribution >= 0.6 is 0 Å². The summed E-state index contributed by atoms with van der Waals surface area (Å²) in [5.74, 6) is -0.150. The molecule has 0 unspecified atom stereocenters. The summed E-state index contributed by atoms with van der Waals surface area (Å²) in [6.07, 6.45) is 1.49. The number of benzene rings is 1. The van der Waals surface area contributed by atoms with E-state index >= 15 is 0 Å². The second-order valence-electron chi connectivity index (χ2n) is 5.20. The number of amides is 1. The van der Waals surface area contributed by atoms with E-state index in [1.165, 1.54) is 4.31 Å². The van der Waals surface area contributed by atoms with Gasteiger partial charge in [0.05, 0.1) is 12.3 Å². The highest BCUT2D eigenvalue weighted by atomic mass is 32.2. The lowest BCUT2D eigenvalue weighted by Crippen LogP contribution is -2.42. The lowest BCUT2D eigenvalue weighted by molar-refractivity contribution is -0.116. The Morgan fingerprint density at radius 3 is 2.65 bits per heavy atom. The van der Waals surface area contributed by atoms with Gasteiger partial charge in [-0.1, -0.05) is 6.07 Å². The summed E-state index contributed by atoms with van der Waals surface area (Å²) in [5, 5.41) is 2.75. The number of sulfonamides is 1. The van der Waals surface area contributed by atoms with Crippen LogP contribution in [0.2, 0.25) is 0 Å². The lowest BCUT2D eigenvalue weighted by atomic mass is 10.1. The van der Waals surface area contributed by atoms with Crippen LogP contribution in [0.15, 0.2) is 18.2 Å². The molecule has 20 heavy (non-hydrogen) atoms. The average molecular weight is 296 g/mol. The molecule has 1 aliphatic heterocycles. The molecule has 1 fully saturated rings. The van der Waals surface area contributed by atoms with Gasteiger partial charge >= 0.3 is 0 Å². The van der Waals surface area contributed by atoms with E-state index in [0.717, 1.165) is 17.5 Å². The molecule has 1 amide bonds. The predicted molar refractivity (Wildman–Crippen MR) is 79.1 cm³/mol. The maximum atomic E-state index is 11.9. The van der Waals surface area contributed by atoms with Crippen LogP contribution in [0.25, 0.3) is 0 Å². The second kappa shape index (κ2) is 5.93. The summed E-state index contributed by atoms with van der Waals surface area (Å²) in [5.41, 5.74) is 2.95. The smallest absolute Gasteiger partial charge is 0.239 e. The third-order valence-electron chi connectivity index (χ3n) is 3.56. The van der Waals surface area contributed by atoms with Crippen molar-refractivity contribution in [2.24, 2.45) is 0 Å². The molecule has 110 valence electrons. The highest BCUT2D eigenvalue weighted by Crippen LogP contribution is 2.16. The van der Waals surface area contributed by atoms with E-state index in [0.29, 0.717) is 18.7 Å². The number of carbonyl (C=O) groups excluding carboxylic acids is 1. The predicted octanol–water partition coefficient (Wildman–Crippen LogP) is 1.67. The number of nitrogens with zero attached hydrogens (tertiary/aromatic N) is 1. The number of anilines is 1. The van der Waals surface area contributed by atoms with Gasteiger partial charge in [-0.2, -0.15) is 4.31 Å². The highest BCUT2D eigenvalue weighted by molar-refractivity contribution is 7.89. The second-order valence-corrected chi connectivity index (χ2v) is 7.29. The van der Waals surface area contributed by atoms with Crippen molar-refractivity contribution in [3.8, 4) is 0 Å². The van der Waals surface area contributed by atoms with Crippen molar-refractivity contribution in [1.29, 1.82) is 0 Å². The van der Waals surface area contributed by atoms with Gasteiger partial charge in [-0.3, -0.25) is 4.79 Å². The number of nitrogens with one attached hydrogen (secondary N) is 1. The Hall–Kier alpha value is -1.40. The van der Waals surface area contributed by atoms with Crippen LogP contribution in [0.5, 0.6) is 0 Å². The average Bonchev–Trinajstić information content (AvgIpc) is 2.36. The first-order valence-electron chi connectivity index (χ1n) is 6.73. The standard InChI is InChI=1S/C14H20N2O3S/c1-11-5-6-13(9-12(11)2)15-14(17)10-16-7-3-4-8-20(16,18)19/h5-6,9H,3-4,7-8,10H2,1-2H3,(H,15,17). The summed E-state index contributed by atoms with van der Waals surface area (Å²) in [4.78, 5) is 11.9. The summed E-state index contributed by atoms with van der Waals surface area (Å²) in [6.45, 7) is 4.30. The minimum absolute atomic E-state index is 0.102. The zero-order chi connectivity index (χ0) is 14.8. The zero-order valence-electron chi connectivity index (χ0n) is 11.8. The number of hydrogen-bond acceptors (Lipinski definition) is 3. The SMILES string of the molecule is Cc1ccc(NC(=O)CN2CCCCS2(=O)=O)cc1C. The van der Waals surface area contributed by atoms with Gasteiger partial charge in [0.2, 0.25) is 15.9 Å². The minimum atomic E-state index is -3.25. The fourth-order valence-corrected chi connectivity index (χ4v) is 3.75. The number of rotatable bonds is 3. The molecule has 0 saturated carbocycles. The van der Waals surface area contributed by atoms with Crippen LogP contribution in [0, 0.1) is 13.8 Å². The van der Waals surface area contributed by atoms with Gasteiger partial charge in [0.1, 0.15) is 0 Å². The number of carbonyl (C=O) groups is 1. The molecule has 0 aromatic heterocycles. The van der Waals surface area contributed by atoms with E-state index in [2.05, 4.69) is 5.32 Å². The molecule has 1 heterocycles. The Balaban J connectivity index is 2.00. The monoisotopic (exact) mass is 296 g/mol. The maximum absolute atomic E-state index is 11.9. The van der Waals surface area contributed by atoms with Crippen LogP contribution in [0.1, 0.15) is 24.0 Å². The Kier molecular flexibility index (Phi) is 4.45. The van der Waals surface area contributed by atoms with E-state index in [1.807, 2.05) is 32.0 Å². The fraction of sp³-hybridized carbons (Fsp3) is 0.500. The van der Waals surface area contributed by atoms with Gasteiger partial charge in [0, 0.05) is 12.2 Å². The quantitative estimate of drug-likeness (QED) is 0.922. The largest absolute Gasteiger partial charge is 0.325 e. The van der Waals surface area contributed by atoms with Crippen LogP contribution in [0.4, 0.5) is 5.69 Å². The Morgan fingerprint density at radius 1 is 1.25 bits per heavy atom. The van der Waals surface area contributed by atoms with Crippen LogP contribution in [-0.2, 0) is 14.8 Å². The third kappa shape index (κ3) is 3.58. The van der Waals surface area contributed by atoms with E-state index in [-0.39, 0.29) is 18.2 Å². The summed E-state index contributed by atoms with van der Waals surface area (Å²) >= 11 is 0. The molecule has 1 saturated heterocycles. The van der Waals surface area contributed by atoms with Crippen molar-refractivity contribution in [2.75, 3.05) is 24.2 Å². The molecular weight excluding hydrogens is 276 g/mol. The summed E-state index contributed by atoms with van der Waals surface area (Å²) in [6, 6.07) is 5.64. The first-order chi connectivity index (χ1) is 9.38. The van der Waals surface area contributed by atoms with Gasteiger partial charge in [-0.15, -0.1) is 0 Å². The van der Waals surface area contributed by atoms with Gasteiger partial charge in [-0.25, -0.2) is 8.42 Å². The van der Waals surface area contributed by atoms with Gasteiger partial charge in [-0.05, 0) is 49.9 Å². The van der Waals surface area contributed by atoms with Crippen molar-refractivity contribution < 1.29 is 13.2 Å². The van der Waals surface area contributed by atoms with Crippen LogP contribution in [-0.4, -0.2) is 37.5 Å². The van der Waals surface area contributed by atoms with Crippen molar-refractivity contribution in [1.82, 2.24) is 4.31 Å². The minimum Gasteiger partial charge on any atom is -0.325 e. The molecule has 1 aromatic rings. The molecule has 1 N–H and O–H groups in total. The van der Waals surface area contributed by atoms with Crippen molar-refractivity contribution >= 4 is 21.6 Å². The molecule has 5 nitrogen and oxygen atoms in total. The van der Waals surface area contributed by atoms with Gasteiger partial charge in [0.25, 0.3) is 0 Å². The van der Waals surface area contributed by atoms with Crippen molar-refractivity contribution in [3.05, 3.63) is 29.3 Å². The molecule has 0 bridgehead atoms. The third-order valence-corrected chi connectivity index (χ3v) is 5.47. The van der Waals surface area contributed by atoms with E-state index in [4.69, 9.17) is 0 Å². The Morgan fingerprint density at radius 2 is 2.00 bits per heavy atom. The first-order valence-corrected chi connectivity index (χ1v) is 8.34.